The molecular formula is C104H122N10O11S4. The third-order valence-electron chi connectivity index (χ3n) is 26.9. The number of nitrogens with one attached hydrogen (secondary N) is 8. The number of methoxy groups -OCH3 is 4. The Labute approximate surface area is 780 Å². The lowest BCUT2D eigenvalue weighted by Crippen LogP contribution is -2.46. The van der Waals surface area contributed by atoms with Gasteiger partial charge in [0.2, 0.25) is 0 Å². The Hall–Kier alpha value is -11.6. The van der Waals surface area contributed by atoms with Gasteiger partial charge in [-0.15, -0.1) is 0 Å². The van der Waals surface area contributed by atoms with Crippen LogP contribution in [0.3, 0.4) is 0 Å². The average Bonchev–Trinajstić information content (AvgIpc) is 1.07. The molecule has 16 rings (SSSR count). The zero-order chi connectivity index (χ0) is 94.1. The molecule has 4 amide bonds. The largest absolute Gasteiger partial charge is 0.507 e. The average molecular weight is 1820 g/mol. The molecule has 4 fully saturated rings. The van der Waals surface area contributed by atoms with Crippen molar-refractivity contribution in [3.8, 4) is 84.8 Å². The molecule has 0 unspecified atom stereocenters. The number of phenols is 3. The number of thiocarbonyl (C=S) groups is 4. The Morgan fingerprint density at radius 3 is 0.969 bits per heavy atom. The van der Waals surface area contributed by atoms with Crippen LogP contribution in [-0.4, -0.2) is 113 Å². The van der Waals surface area contributed by atoms with Gasteiger partial charge < -0.3 is 65.3 Å². The smallest absolute Gasteiger partial charge is 0.273 e. The third kappa shape index (κ3) is 19.5. The van der Waals surface area contributed by atoms with Crippen molar-refractivity contribution >= 4 is 129 Å². The van der Waals surface area contributed by atoms with Gasteiger partial charge in [0, 0.05) is 82.3 Å². The van der Waals surface area contributed by atoms with Crippen molar-refractivity contribution in [2.75, 3.05) is 51.3 Å². The number of nitrogens with zero attached hydrogens (tertiary/aromatic N) is 2. The highest BCUT2D eigenvalue weighted by Crippen LogP contribution is 2.54. The molecule has 8 aromatic carbocycles. The molecule has 8 aliphatic rings. The number of phenolic OH excluding ortho intramolecular Hbond substituents is 3. The number of aromatic hydroxyl groups is 3. The Bertz CT molecular complexity index is 6140. The topological polar surface area (TPSA) is 269 Å². The van der Waals surface area contributed by atoms with E-state index in [0.29, 0.717) is 67.6 Å². The number of amides is 4. The number of ether oxygens (including phenoxy) is 4. The Kier molecular flexibility index (Phi) is 26.8. The van der Waals surface area contributed by atoms with Gasteiger partial charge in [0.25, 0.3) is 23.6 Å². The van der Waals surface area contributed by atoms with E-state index in [2.05, 4.69) is 238 Å². The second kappa shape index (κ2) is 36.4. The summed E-state index contributed by atoms with van der Waals surface area (Å²) >= 11 is 20.1. The number of fused-ring (bicyclic) bond motifs is 4. The maximum absolute atomic E-state index is 12.2. The number of hydrogen-bond donors (Lipinski definition) is 11. The highest BCUT2D eigenvalue weighted by molar-refractivity contribution is 7.81. The van der Waals surface area contributed by atoms with Crippen LogP contribution in [-0.2, 0) is 51.7 Å². The maximum atomic E-state index is 12.2. The van der Waals surface area contributed by atoms with E-state index in [-0.39, 0.29) is 89.3 Å². The molecule has 5 aliphatic heterocycles. The first-order chi connectivity index (χ1) is 60.5. The number of aryl methyl sites for hydroxylation is 4. The lowest BCUT2D eigenvalue weighted by Gasteiger charge is -2.43. The van der Waals surface area contributed by atoms with Crippen molar-refractivity contribution in [2.45, 2.75) is 222 Å². The van der Waals surface area contributed by atoms with Crippen molar-refractivity contribution in [1.29, 1.82) is 0 Å². The van der Waals surface area contributed by atoms with Crippen molar-refractivity contribution in [2.24, 2.45) is 0 Å². The summed E-state index contributed by atoms with van der Waals surface area (Å²) in [4.78, 5) is 53.4. The van der Waals surface area contributed by atoms with Crippen LogP contribution in [0.2, 0.25) is 0 Å². The van der Waals surface area contributed by atoms with E-state index in [1.807, 2.05) is 43.3 Å². The predicted octanol–water partition coefficient (Wildman–Crippen LogP) is 19.7. The minimum atomic E-state index is -0.354. The fourth-order valence-corrected chi connectivity index (χ4v) is 19.6. The molecule has 0 saturated carbocycles. The van der Waals surface area contributed by atoms with Gasteiger partial charge in [0.15, 0.2) is 20.4 Å². The fraction of sp³-hybridized carbons (Fsp3) is 0.385. The van der Waals surface area contributed by atoms with E-state index in [1.54, 1.807) is 52.7 Å². The number of rotatable bonds is 14. The van der Waals surface area contributed by atoms with Gasteiger partial charge >= 0.3 is 0 Å². The van der Waals surface area contributed by atoms with Crippen molar-refractivity contribution in [3.63, 3.8) is 0 Å². The number of carbonyl (C=O) groups excluding carboxylic acids is 4. The molecular weight excluding hydrogens is 1690 g/mol. The van der Waals surface area contributed by atoms with Gasteiger partial charge in [-0.3, -0.25) is 40.4 Å². The van der Waals surface area contributed by atoms with Crippen LogP contribution < -0.4 is 71.3 Å². The highest BCUT2D eigenvalue weighted by atomic mass is 32.1. The molecule has 0 aromatic heterocycles. The zero-order valence-electron chi connectivity index (χ0n) is 78.6. The first kappa shape index (κ1) is 95.0. The van der Waals surface area contributed by atoms with Gasteiger partial charge in [-0.2, -0.15) is 0 Å². The Morgan fingerprint density at radius 2 is 0.612 bits per heavy atom. The monoisotopic (exact) mass is 1810 g/mol. The molecule has 4 saturated heterocycles. The van der Waals surface area contributed by atoms with Gasteiger partial charge in [-0.1, -0.05) is 107 Å². The Balaban J connectivity index is 0.000000147. The molecule has 11 N–H and O–H groups in total. The SMILES string of the molecule is COc1cc(O)c(/C=C2\NC(=S)NC2=O)cc1-c1cc2c(cc1C)C(C)(C)CCC2(C)C.COc1cc(OC)c(-c2cc3c(cc2C)C(C)(C)CCC3(C)C)cc1/C=C1\NC(=S)NC1=O.COc1ccc(/C=C2\NC(=S)NC2=O)cc1-c1cc2c(cc1C)N(C(C)C)CCN2C(C)C.Cc1cc2c(cc1-c1cc(/C=C3\NC(=S)NC3=O)c(O)cc1O)C(C)(C)CCC2(C)C. The van der Waals surface area contributed by atoms with E-state index in [1.165, 1.54) is 74.4 Å². The van der Waals surface area contributed by atoms with Crippen LogP contribution in [0.25, 0.3) is 68.8 Å². The summed E-state index contributed by atoms with van der Waals surface area (Å²) in [6, 6.07) is 35.5. The van der Waals surface area contributed by atoms with E-state index < -0.39 is 0 Å². The molecule has 3 aliphatic carbocycles. The molecule has 8 aromatic rings. The molecule has 25 heteroatoms. The van der Waals surface area contributed by atoms with Crippen LogP contribution >= 0.6 is 48.9 Å². The van der Waals surface area contributed by atoms with E-state index in [9.17, 15) is 34.5 Å². The number of anilines is 2. The molecule has 0 atom stereocenters. The van der Waals surface area contributed by atoms with Crippen LogP contribution in [0, 0.1) is 27.7 Å². The molecule has 21 nitrogen and oxygen atoms in total. The number of benzene rings is 8. The predicted molar refractivity (Wildman–Crippen MR) is 536 cm³/mol. The summed E-state index contributed by atoms with van der Waals surface area (Å²) in [6.45, 7) is 47.1. The van der Waals surface area contributed by atoms with Gasteiger partial charge in [-0.05, 0) is 344 Å². The summed E-state index contributed by atoms with van der Waals surface area (Å²) in [7, 11) is 6.57. The van der Waals surface area contributed by atoms with Crippen molar-refractivity contribution in [3.05, 3.63) is 204 Å². The molecule has 0 bridgehead atoms. The minimum Gasteiger partial charge on any atom is -0.507 e. The van der Waals surface area contributed by atoms with Crippen molar-refractivity contribution < 1.29 is 53.4 Å². The lowest BCUT2D eigenvalue weighted by molar-refractivity contribution is -0.116. The van der Waals surface area contributed by atoms with Crippen molar-refractivity contribution in [1.82, 2.24) is 42.5 Å². The quantitative estimate of drug-likeness (QED) is 0.0357. The molecule has 129 heavy (non-hydrogen) atoms. The van der Waals surface area contributed by atoms with Gasteiger partial charge in [0.05, 0.1) is 39.8 Å². The van der Waals surface area contributed by atoms with E-state index >= 15 is 0 Å². The lowest BCUT2D eigenvalue weighted by atomic mass is 9.62. The third-order valence-corrected chi connectivity index (χ3v) is 27.7. The summed E-state index contributed by atoms with van der Waals surface area (Å²) in [5.41, 5.74) is 27.6. The first-order valence-electron chi connectivity index (χ1n) is 43.9. The fourth-order valence-electron chi connectivity index (χ4n) is 18.8. The molecule has 678 valence electrons. The van der Waals surface area contributed by atoms with Gasteiger partial charge in [-0.25, -0.2) is 0 Å². The summed E-state index contributed by atoms with van der Waals surface area (Å²) in [5, 5.41) is 54.5. The second-order valence-electron chi connectivity index (χ2n) is 39.3. The first-order valence-corrected chi connectivity index (χ1v) is 45.5. The zero-order valence-corrected chi connectivity index (χ0v) is 81.8. The van der Waals surface area contributed by atoms with Crippen LogP contribution in [0.4, 0.5) is 11.4 Å². The Morgan fingerprint density at radius 1 is 0.318 bits per heavy atom. The second-order valence-corrected chi connectivity index (χ2v) is 41.0. The van der Waals surface area contributed by atoms with Crippen LogP contribution in [0.1, 0.15) is 227 Å². The molecule has 0 spiro atoms. The van der Waals surface area contributed by atoms with E-state index in [0.717, 1.165) is 118 Å². The normalized spacial score (nSPS) is 19.2. The molecule has 0 radical (unpaired) electrons. The van der Waals surface area contributed by atoms with E-state index in [4.69, 9.17) is 67.8 Å². The highest BCUT2D eigenvalue weighted by Gasteiger charge is 2.42. The van der Waals surface area contributed by atoms with Crippen LogP contribution in [0.15, 0.2) is 126 Å². The number of carbonyl (C=O) groups is 4. The van der Waals surface area contributed by atoms with Crippen LogP contribution in [0.5, 0.6) is 40.2 Å². The summed E-state index contributed by atoms with van der Waals surface area (Å²) in [6.07, 6.45) is 13.5. The number of hydrogen-bond acceptors (Lipinski definition) is 17. The summed E-state index contributed by atoms with van der Waals surface area (Å²) in [5.74, 6) is 1.49. The summed E-state index contributed by atoms with van der Waals surface area (Å²) < 4.78 is 22.8. The molecule has 5 heterocycles. The van der Waals surface area contributed by atoms with Gasteiger partial charge in [0.1, 0.15) is 63.0 Å². The minimum absolute atomic E-state index is 0.00470. The maximum Gasteiger partial charge on any atom is 0.273 e. The standard InChI is InChI=1S/C27H32N2O3S.C26H32N4O2S.C26H30N2O3S.C25H28N2O3S/c1-15-10-19-20(27(4,5)9-8-26(19,2)3)13-17(15)18-11-16(22(31-6)14-23(18)32-7)12-21-24(30)29-25(33)28-21;1-15(2)29-9-10-30(16(3)4)23-14-19(17(5)11-22(23)29)20-12-18(7-8-24(20)32-6)13-21-25(31)28-26(33)27-21;1-14-9-18-19(26(4,5)8-7-25(18,2)3)12-16(14)17-10-15(21(29)13-22(17)31-6)11-20-23(30)28-24(32)27-20;1-13-8-17-18(25(4,5)7-6-24(17,2)3)11-15(13)16-9-14(20(28)12-21(16)29)10-19-22(30)27-23(31)26-19/h10-14H,8-9H2,1-7H3,(H2,28,29,30,33);7-8,11-16H,9-10H2,1-6H3,(H2,27,28,31,33);9-13,29H,7-8H2,1-6H3,(H2,27,28,30,32);8-12,28-29H,6-7H2,1-5H3,(H2,26,27,30,31)/b21-12-;21-13-;20-11-;19-10-.